The van der Waals surface area contributed by atoms with Crippen LogP contribution in [0.5, 0.6) is 0 Å². The molecule has 1 saturated carbocycles. The Bertz CT molecular complexity index is 835. The number of amides is 3. The van der Waals surface area contributed by atoms with E-state index in [0.29, 0.717) is 32.2 Å². The second kappa shape index (κ2) is 11.7. The van der Waals surface area contributed by atoms with E-state index in [1.54, 1.807) is 39.8 Å². The maximum Gasteiger partial charge on any atom is 0.408 e. The summed E-state index contributed by atoms with van der Waals surface area (Å²) in [5, 5.41) is 5.54. The van der Waals surface area contributed by atoms with Gasteiger partial charge < -0.3 is 25.0 Å². The first-order valence-electron chi connectivity index (χ1n) is 12.4. The van der Waals surface area contributed by atoms with E-state index in [0.717, 1.165) is 6.42 Å². The molecule has 9 heteroatoms. The van der Waals surface area contributed by atoms with Gasteiger partial charge in [-0.25, -0.2) is 9.59 Å². The number of likely N-dealkylation sites (tertiary alicyclic amines) is 1. The van der Waals surface area contributed by atoms with E-state index in [9.17, 15) is 19.2 Å². The second-order valence-electron chi connectivity index (χ2n) is 10.3. The van der Waals surface area contributed by atoms with Crippen molar-refractivity contribution in [3.8, 4) is 0 Å². The molecule has 1 saturated heterocycles. The Morgan fingerprint density at radius 3 is 2.40 bits per heavy atom. The van der Waals surface area contributed by atoms with Crippen molar-refractivity contribution in [2.75, 3.05) is 13.2 Å². The third kappa shape index (κ3) is 7.08. The summed E-state index contributed by atoms with van der Waals surface area (Å²) < 4.78 is 10.5. The Morgan fingerprint density at radius 2 is 1.89 bits per heavy atom. The minimum Gasteiger partial charge on any atom is -0.464 e. The molecule has 5 atom stereocenters. The zero-order valence-corrected chi connectivity index (χ0v) is 21.7. The molecule has 1 heterocycles. The molecule has 1 aliphatic heterocycles. The van der Waals surface area contributed by atoms with Gasteiger partial charge in [0.2, 0.25) is 11.8 Å². The number of ether oxygens (including phenoxy) is 2. The first-order chi connectivity index (χ1) is 16.4. The quantitative estimate of drug-likeness (QED) is 0.339. The molecule has 0 aromatic rings. The number of hydrogen-bond donors (Lipinski definition) is 2. The number of carbonyl (C=O) groups is 4. The van der Waals surface area contributed by atoms with Crippen LogP contribution in [0.2, 0.25) is 0 Å². The summed E-state index contributed by atoms with van der Waals surface area (Å²) in [5.74, 6) is -1.32. The zero-order valence-electron chi connectivity index (χ0n) is 21.7. The van der Waals surface area contributed by atoms with Crippen LogP contribution >= 0.6 is 0 Å². The van der Waals surface area contributed by atoms with Crippen LogP contribution in [0.3, 0.4) is 0 Å². The van der Waals surface area contributed by atoms with Crippen molar-refractivity contribution in [3.63, 3.8) is 0 Å². The van der Waals surface area contributed by atoms with Crippen LogP contribution in [-0.4, -0.2) is 65.2 Å². The average molecular weight is 492 g/mol. The number of nitrogens with zero attached hydrogens (tertiary/aromatic N) is 1. The Balaban J connectivity index is 2.22. The molecule has 0 aromatic carbocycles. The number of carbonyl (C=O) groups excluding carboxylic acids is 4. The summed E-state index contributed by atoms with van der Waals surface area (Å²) in [6.07, 6.45) is 5.14. The molecule has 2 rings (SSSR count). The fraction of sp³-hybridized carbons (Fsp3) is 0.692. The third-order valence-electron chi connectivity index (χ3n) is 6.48. The Hall–Kier alpha value is -2.84. The molecule has 0 radical (unpaired) electrons. The van der Waals surface area contributed by atoms with E-state index in [1.165, 1.54) is 4.90 Å². The number of nitrogens with one attached hydrogen (secondary N) is 2. The minimum atomic E-state index is -1.13. The Labute approximate surface area is 208 Å². The van der Waals surface area contributed by atoms with Gasteiger partial charge in [-0.15, -0.1) is 13.2 Å². The van der Waals surface area contributed by atoms with Crippen molar-refractivity contribution in [2.24, 2.45) is 11.8 Å². The maximum absolute atomic E-state index is 13.6. The largest absolute Gasteiger partial charge is 0.464 e. The van der Waals surface area contributed by atoms with Crippen LogP contribution in [0.15, 0.2) is 25.3 Å². The topological polar surface area (TPSA) is 114 Å². The van der Waals surface area contributed by atoms with Crippen LogP contribution in [0.4, 0.5) is 4.79 Å². The van der Waals surface area contributed by atoms with E-state index in [2.05, 4.69) is 23.8 Å². The summed E-state index contributed by atoms with van der Waals surface area (Å²) in [5.41, 5.74) is -1.85. The number of hydrogen-bond acceptors (Lipinski definition) is 6. The molecule has 9 nitrogen and oxygen atoms in total. The molecule has 0 aromatic heterocycles. The number of rotatable bonds is 11. The van der Waals surface area contributed by atoms with Gasteiger partial charge in [-0.2, -0.15) is 0 Å². The van der Waals surface area contributed by atoms with Gasteiger partial charge in [0.15, 0.2) is 0 Å². The van der Waals surface area contributed by atoms with Crippen molar-refractivity contribution in [1.82, 2.24) is 15.5 Å². The lowest BCUT2D eigenvalue weighted by Crippen LogP contribution is -2.56. The first kappa shape index (κ1) is 28.4. The van der Waals surface area contributed by atoms with Gasteiger partial charge in [0.1, 0.15) is 23.2 Å². The highest BCUT2D eigenvalue weighted by Gasteiger charge is 2.62. The molecule has 3 amide bonds. The lowest BCUT2D eigenvalue weighted by molar-refractivity contribution is -0.150. The lowest BCUT2D eigenvalue weighted by atomic mass is 10.0. The third-order valence-corrected chi connectivity index (χ3v) is 6.48. The Kier molecular flexibility index (Phi) is 9.52. The Morgan fingerprint density at radius 1 is 1.20 bits per heavy atom. The van der Waals surface area contributed by atoms with Crippen molar-refractivity contribution >= 4 is 23.9 Å². The standard InChI is InChI=1S/C26H41N3O6/c1-8-12-13-19(27-24(33)35-25(5,6)7)22(31)29-16-17(9-2)14-20(29)21(30)28-26(15-18(26)10-3)23(32)34-11-4/h8,10,17-20H,1,3,9,11-16H2,2,4-7H3,(H,27,33)(H,28,30)/t17-,18-,19+,20+,26-/m1/s1. The molecule has 0 bridgehead atoms. The SMILES string of the molecule is C=CCC[C@H](NC(=O)OC(C)(C)C)C(=O)N1C[C@H](CC)C[C@H]1C(=O)N[C@]1(C(=O)OCC)C[C@H]1C=C. The second-order valence-corrected chi connectivity index (χ2v) is 10.3. The fourth-order valence-corrected chi connectivity index (χ4v) is 4.47. The normalized spacial score (nSPS) is 26.3. The van der Waals surface area contributed by atoms with Gasteiger partial charge in [0.25, 0.3) is 0 Å². The van der Waals surface area contributed by atoms with Gasteiger partial charge in [0.05, 0.1) is 6.61 Å². The number of allylic oxidation sites excluding steroid dienone is 1. The van der Waals surface area contributed by atoms with Gasteiger partial charge >= 0.3 is 12.1 Å². The highest BCUT2D eigenvalue weighted by molar-refractivity contribution is 5.96. The summed E-state index contributed by atoms with van der Waals surface area (Å²) in [6.45, 7) is 17.0. The molecule has 2 fully saturated rings. The van der Waals surface area contributed by atoms with Gasteiger partial charge in [-0.05, 0) is 59.3 Å². The molecule has 196 valence electrons. The monoisotopic (exact) mass is 491 g/mol. The van der Waals surface area contributed by atoms with Crippen molar-refractivity contribution in [3.05, 3.63) is 25.3 Å². The van der Waals surface area contributed by atoms with Crippen LogP contribution in [0.1, 0.15) is 66.7 Å². The predicted octanol–water partition coefficient (Wildman–Crippen LogP) is 3.10. The number of alkyl carbamates (subject to hydrolysis) is 1. The minimum absolute atomic E-state index is 0.129. The first-order valence-corrected chi connectivity index (χ1v) is 12.4. The molecule has 0 spiro atoms. The van der Waals surface area contributed by atoms with Crippen molar-refractivity contribution in [2.45, 2.75) is 89.9 Å². The predicted molar refractivity (Wildman–Crippen MR) is 132 cm³/mol. The van der Waals surface area contributed by atoms with E-state index in [-0.39, 0.29) is 24.3 Å². The van der Waals surface area contributed by atoms with E-state index in [4.69, 9.17) is 9.47 Å². The van der Waals surface area contributed by atoms with Crippen LogP contribution < -0.4 is 10.6 Å². The van der Waals surface area contributed by atoms with Crippen LogP contribution in [0.25, 0.3) is 0 Å². The zero-order chi connectivity index (χ0) is 26.4. The van der Waals surface area contributed by atoms with Gasteiger partial charge in [0, 0.05) is 12.5 Å². The van der Waals surface area contributed by atoms with Gasteiger partial charge in [-0.3, -0.25) is 9.59 Å². The highest BCUT2D eigenvalue weighted by atomic mass is 16.6. The average Bonchev–Trinajstić information content (AvgIpc) is 3.32. The molecular formula is C26H41N3O6. The molecule has 35 heavy (non-hydrogen) atoms. The van der Waals surface area contributed by atoms with Crippen LogP contribution in [0, 0.1) is 11.8 Å². The van der Waals surface area contributed by atoms with E-state index in [1.807, 2.05) is 6.92 Å². The summed E-state index contributed by atoms with van der Waals surface area (Å²) >= 11 is 0. The summed E-state index contributed by atoms with van der Waals surface area (Å²) in [4.78, 5) is 53.6. The fourth-order valence-electron chi connectivity index (χ4n) is 4.47. The van der Waals surface area contributed by atoms with Crippen molar-refractivity contribution < 1.29 is 28.7 Å². The van der Waals surface area contributed by atoms with E-state index >= 15 is 0 Å². The summed E-state index contributed by atoms with van der Waals surface area (Å²) in [6, 6.07) is -1.62. The lowest BCUT2D eigenvalue weighted by Gasteiger charge is -2.30. The van der Waals surface area contributed by atoms with Gasteiger partial charge in [-0.1, -0.05) is 25.5 Å². The molecule has 2 aliphatic rings. The van der Waals surface area contributed by atoms with E-state index < -0.39 is 41.2 Å². The van der Waals surface area contributed by atoms with Crippen LogP contribution in [-0.2, 0) is 23.9 Å². The smallest absolute Gasteiger partial charge is 0.408 e. The maximum atomic E-state index is 13.6. The molecular weight excluding hydrogens is 450 g/mol. The molecule has 2 N–H and O–H groups in total. The van der Waals surface area contributed by atoms with Crippen molar-refractivity contribution in [1.29, 1.82) is 0 Å². The highest BCUT2D eigenvalue weighted by Crippen LogP contribution is 2.45. The molecule has 0 unspecified atom stereocenters. The molecule has 1 aliphatic carbocycles. The number of esters is 1. The summed E-state index contributed by atoms with van der Waals surface area (Å²) in [7, 11) is 0.